The Morgan fingerprint density at radius 2 is 2.00 bits per heavy atom. The second-order valence-electron chi connectivity index (χ2n) is 5.22. The van der Waals surface area contributed by atoms with Crippen molar-refractivity contribution in [3.63, 3.8) is 0 Å². The summed E-state index contributed by atoms with van der Waals surface area (Å²) >= 11 is 3.26. The SMILES string of the molecule is Cl.NCC1CCCN1C(=O)CCNS(=O)(=O)c1ccc(Br)cc1. The van der Waals surface area contributed by atoms with Gasteiger partial charge in [-0.3, -0.25) is 4.79 Å². The fourth-order valence-corrected chi connectivity index (χ4v) is 3.84. The van der Waals surface area contributed by atoms with E-state index in [4.69, 9.17) is 5.73 Å². The number of sulfonamides is 1. The van der Waals surface area contributed by atoms with Gasteiger partial charge in [-0.25, -0.2) is 13.1 Å². The fraction of sp³-hybridized carbons (Fsp3) is 0.500. The molecule has 0 spiro atoms. The lowest BCUT2D eigenvalue weighted by molar-refractivity contribution is -0.131. The molecule has 0 aromatic heterocycles. The molecule has 23 heavy (non-hydrogen) atoms. The molecule has 6 nitrogen and oxygen atoms in total. The van der Waals surface area contributed by atoms with E-state index in [1.807, 2.05) is 0 Å². The van der Waals surface area contributed by atoms with Crippen molar-refractivity contribution < 1.29 is 13.2 Å². The Kier molecular flexibility index (Phi) is 7.96. The van der Waals surface area contributed by atoms with Crippen LogP contribution in [0.15, 0.2) is 33.6 Å². The maximum absolute atomic E-state index is 12.1. The molecule has 130 valence electrons. The van der Waals surface area contributed by atoms with Crippen molar-refractivity contribution in [2.75, 3.05) is 19.6 Å². The van der Waals surface area contributed by atoms with Crippen LogP contribution in [-0.2, 0) is 14.8 Å². The van der Waals surface area contributed by atoms with Crippen molar-refractivity contribution in [3.05, 3.63) is 28.7 Å². The van der Waals surface area contributed by atoms with E-state index in [0.29, 0.717) is 13.1 Å². The first-order chi connectivity index (χ1) is 10.4. The predicted molar refractivity (Wildman–Crippen MR) is 95.0 cm³/mol. The minimum absolute atomic E-state index is 0. The fourth-order valence-electron chi connectivity index (χ4n) is 2.54. The summed E-state index contributed by atoms with van der Waals surface area (Å²) in [6, 6.07) is 6.44. The summed E-state index contributed by atoms with van der Waals surface area (Å²) < 4.78 is 27.5. The average molecular weight is 427 g/mol. The molecule has 1 aromatic carbocycles. The Balaban J connectivity index is 0.00000264. The highest BCUT2D eigenvalue weighted by molar-refractivity contribution is 9.10. The van der Waals surface area contributed by atoms with Gasteiger partial charge in [0.15, 0.2) is 0 Å². The molecule has 9 heteroatoms. The standard InChI is InChI=1S/C14H20BrN3O3S.ClH/c15-11-3-5-13(6-4-11)22(20,21)17-8-7-14(19)18-9-1-2-12(18)10-16;/h3-6,12,17H,1-2,7-10,16H2;1H. The third-order valence-corrected chi connectivity index (χ3v) is 5.73. The second kappa shape index (κ2) is 8.98. The van der Waals surface area contributed by atoms with Crippen LogP contribution >= 0.6 is 28.3 Å². The van der Waals surface area contributed by atoms with E-state index in [0.717, 1.165) is 17.3 Å². The molecule has 1 aliphatic heterocycles. The molecule has 0 saturated carbocycles. The molecule has 0 bridgehead atoms. The molecule has 1 fully saturated rings. The number of benzene rings is 1. The van der Waals surface area contributed by atoms with Crippen LogP contribution in [0.3, 0.4) is 0 Å². The van der Waals surface area contributed by atoms with Gasteiger partial charge in [0.1, 0.15) is 0 Å². The summed E-state index contributed by atoms with van der Waals surface area (Å²) in [5, 5.41) is 0. The lowest BCUT2D eigenvalue weighted by Crippen LogP contribution is -2.41. The zero-order chi connectivity index (χ0) is 16.2. The van der Waals surface area contributed by atoms with Gasteiger partial charge >= 0.3 is 0 Å². The molecule has 1 aromatic rings. The van der Waals surface area contributed by atoms with Crippen molar-refractivity contribution in [2.45, 2.75) is 30.2 Å². The number of rotatable bonds is 6. The number of hydrogen-bond donors (Lipinski definition) is 2. The highest BCUT2D eigenvalue weighted by Gasteiger charge is 2.27. The van der Waals surface area contributed by atoms with E-state index in [1.54, 1.807) is 17.0 Å². The third-order valence-electron chi connectivity index (χ3n) is 3.72. The molecule has 1 heterocycles. The highest BCUT2D eigenvalue weighted by Crippen LogP contribution is 2.17. The van der Waals surface area contributed by atoms with Gasteiger partial charge in [-0.15, -0.1) is 12.4 Å². The topological polar surface area (TPSA) is 92.5 Å². The van der Waals surface area contributed by atoms with E-state index in [1.165, 1.54) is 12.1 Å². The van der Waals surface area contributed by atoms with E-state index < -0.39 is 10.0 Å². The number of amides is 1. The summed E-state index contributed by atoms with van der Waals surface area (Å²) in [5.41, 5.74) is 5.64. The van der Waals surface area contributed by atoms with E-state index in [2.05, 4.69) is 20.7 Å². The number of hydrogen-bond acceptors (Lipinski definition) is 4. The maximum atomic E-state index is 12.1. The molecule has 1 unspecified atom stereocenters. The maximum Gasteiger partial charge on any atom is 0.240 e. The Labute approximate surface area is 151 Å². The summed E-state index contributed by atoms with van der Waals surface area (Å²) in [5.74, 6) is -0.0496. The van der Waals surface area contributed by atoms with Crippen molar-refractivity contribution in [3.8, 4) is 0 Å². The first-order valence-electron chi connectivity index (χ1n) is 7.19. The van der Waals surface area contributed by atoms with Crippen molar-refractivity contribution >= 4 is 44.3 Å². The number of nitrogens with one attached hydrogen (secondary N) is 1. The van der Waals surface area contributed by atoms with Gasteiger partial charge in [0, 0.05) is 36.6 Å². The van der Waals surface area contributed by atoms with Gasteiger partial charge in [-0.2, -0.15) is 0 Å². The van der Waals surface area contributed by atoms with Crippen LogP contribution in [0, 0.1) is 0 Å². The van der Waals surface area contributed by atoms with Crippen molar-refractivity contribution in [1.82, 2.24) is 9.62 Å². The third kappa shape index (κ3) is 5.42. The number of nitrogens with zero attached hydrogens (tertiary/aromatic N) is 1. The second-order valence-corrected chi connectivity index (χ2v) is 7.90. The van der Waals surface area contributed by atoms with Crippen LogP contribution in [0.2, 0.25) is 0 Å². The van der Waals surface area contributed by atoms with E-state index >= 15 is 0 Å². The van der Waals surface area contributed by atoms with Gasteiger partial charge < -0.3 is 10.6 Å². The molecule has 1 amide bonds. The molecule has 0 radical (unpaired) electrons. The minimum Gasteiger partial charge on any atom is -0.338 e. The Bertz CT molecular complexity index is 625. The van der Waals surface area contributed by atoms with Gasteiger partial charge in [0.2, 0.25) is 15.9 Å². The van der Waals surface area contributed by atoms with Crippen molar-refractivity contribution in [2.24, 2.45) is 5.73 Å². The molecule has 0 aliphatic carbocycles. The van der Waals surface area contributed by atoms with Gasteiger partial charge in [0.25, 0.3) is 0 Å². The van der Waals surface area contributed by atoms with E-state index in [9.17, 15) is 13.2 Å². The smallest absolute Gasteiger partial charge is 0.240 e. The lowest BCUT2D eigenvalue weighted by Gasteiger charge is -2.23. The summed E-state index contributed by atoms with van der Waals surface area (Å²) in [6.07, 6.45) is 2.03. The van der Waals surface area contributed by atoms with Gasteiger partial charge in [0.05, 0.1) is 4.90 Å². The average Bonchev–Trinajstić information content (AvgIpc) is 2.96. The number of carbonyl (C=O) groups is 1. The summed E-state index contributed by atoms with van der Waals surface area (Å²) in [7, 11) is -3.58. The van der Waals surface area contributed by atoms with Crippen LogP contribution < -0.4 is 10.5 Å². The highest BCUT2D eigenvalue weighted by atomic mass is 79.9. The molecule has 3 N–H and O–H groups in total. The molecule has 1 aliphatic rings. The Morgan fingerprint density at radius 1 is 1.35 bits per heavy atom. The van der Waals surface area contributed by atoms with Gasteiger partial charge in [-0.05, 0) is 37.1 Å². The minimum atomic E-state index is -3.58. The number of halogens is 2. The van der Waals surface area contributed by atoms with E-state index in [-0.39, 0.29) is 42.2 Å². The van der Waals surface area contributed by atoms with Gasteiger partial charge in [-0.1, -0.05) is 15.9 Å². The molecular weight excluding hydrogens is 406 g/mol. The Hall–Kier alpha value is -0.670. The Morgan fingerprint density at radius 3 is 2.61 bits per heavy atom. The lowest BCUT2D eigenvalue weighted by atomic mass is 10.2. The largest absolute Gasteiger partial charge is 0.338 e. The monoisotopic (exact) mass is 425 g/mol. The molecule has 1 saturated heterocycles. The first-order valence-corrected chi connectivity index (χ1v) is 9.46. The zero-order valence-electron chi connectivity index (χ0n) is 12.6. The normalized spacial score (nSPS) is 17.8. The first kappa shape index (κ1) is 20.4. The number of likely N-dealkylation sites (tertiary alicyclic amines) is 1. The van der Waals surface area contributed by atoms with Crippen LogP contribution in [0.1, 0.15) is 19.3 Å². The van der Waals surface area contributed by atoms with Crippen LogP contribution in [0.5, 0.6) is 0 Å². The number of nitrogens with two attached hydrogens (primary N) is 1. The quantitative estimate of drug-likeness (QED) is 0.721. The summed E-state index contributed by atoms with van der Waals surface area (Å²) in [6.45, 7) is 1.25. The zero-order valence-corrected chi connectivity index (χ0v) is 15.8. The molecule has 1 atom stereocenters. The van der Waals surface area contributed by atoms with Crippen molar-refractivity contribution in [1.29, 1.82) is 0 Å². The molecular formula is C14H21BrClN3O3S. The molecule has 2 rings (SSSR count). The summed E-state index contributed by atoms with van der Waals surface area (Å²) in [4.78, 5) is 14.1. The van der Waals surface area contributed by atoms with Crippen LogP contribution in [-0.4, -0.2) is 44.9 Å². The number of carbonyl (C=O) groups excluding carboxylic acids is 1. The van der Waals surface area contributed by atoms with Crippen LogP contribution in [0.4, 0.5) is 0 Å². The van der Waals surface area contributed by atoms with Crippen LogP contribution in [0.25, 0.3) is 0 Å². The predicted octanol–water partition coefficient (Wildman–Crippen LogP) is 1.49.